The number of nitrogens with one attached hydrogen (secondary N) is 1. The molecule has 0 spiro atoms. The summed E-state index contributed by atoms with van der Waals surface area (Å²) in [5.41, 5.74) is 2.73. The van der Waals surface area contributed by atoms with Gasteiger partial charge in [0.25, 0.3) is 0 Å². The molecule has 0 bridgehead atoms. The molecular weight excluding hydrogens is 292 g/mol. The Kier molecular flexibility index (Phi) is 4.47. The van der Waals surface area contributed by atoms with Crippen molar-refractivity contribution < 1.29 is 5.11 Å². The monoisotopic (exact) mass is 306 g/mol. The van der Waals surface area contributed by atoms with Gasteiger partial charge >= 0.3 is 0 Å². The van der Waals surface area contributed by atoms with Gasteiger partial charge in [-0.05, 0) is 61.1 Å². The summed E-state index contributed by atoms with van der Waals surface area (Å²) in [5, 5.41) is 13.7. The van der Waals surface area contributed by atoms with Crippen LogP contribution in [-0.2, 0) is 0 Å². The quantitative estimate of drug-likeness (QED) is 0.816. The van der Waals surface area contributed by atoms with Crippen molar-refractivity contribution in [2.24, 2.45) is 0 Å². The summed E-state index contributed by atoms with van der Waals surface area (Å²) in [6, 6.07) is 12.5. The highest BCUT2D eigenvalue weighted by Crippen LogP contribution is 2.24. The number of hydrogen-bond acceptors (Lipinski definition) is 2. The van der Waals surface area contributed by atoms with Gasteiger partial charge in [0.1, 0.15) is 5.75 Å². The molecule has 2 aromatic carbocycles. The molecule has 2 N–H and O–H groups in total. The molecule has 0 fully saturated rings. The van der Waals surface area contributed by atoms with E-state index in [1.807, 2.05) is 37.1 Å². The maximum atomic E-state index is 9.30. The van der Waals surface area contributed by atoms with Gasteiger partial charge < -0.3 is 15.3 Å². The predicted molar refractivity (Wildman–Crippen MR) is 88.9 cm³/mol. The van der Waals surface area contributed by atoms with Crippen molar-refractivity contribution >= 4 is 40.3 Å². The summed E-state index contributed by atoms with van der Waals surface area (Å²) in [5.74, 6) is 0.228. The third-order valence-corrected chi connectivity index (χ3v) is 3.84. The zero-order chi connectivity index (χ0) is 14.7. The van der Waals surface area contributed by atoms with Crippen LogP contribution in [0.3, 0.4) is 0 Å². The number of halogens is 1. The first kappa shape index (κ1) is 14.6. The molecule has 0 aliphatic rings. The summed E-state index contributed by atoms with van der Waals surface area (Å²) in [4.78, 5) is 1.83. The van der Waals surface area contributed by atoms with Gasteiger partial charge in [0.2, 0.25) is 0 Å². The van der Waals surface area contributed by atoms with Crippen molar-refractivity contribution in [3.8, 4) is 5.75 Å². The Hall–Kier alpha value is -1.78. The second-order valence-corrected chi connectivity index (χ2v) is 5.21. The zero-order valence-electron chi connectivity index (χ0n) is 11.2. The van der Waals surface area contributed by atoms with Crippen LogP contribution in [0, 0.1) is 6.92 Å². The number of benzene rings is 2. The Morgan fingerprint density at radius 1 is 1.20 bits per heavy atom. The van der Waals surface area contributed by atoms with Gasteiger partial charge in [0.05, 0.1) is 0 Å². The first-order valence-electron chi connectivity index (χ1n) is 6.08. The number of anilines is 2. The molecule has 0 amide bonds. The first-order chi connectivity index (χ1) is 9.49. The molecule has 104 valence electrons. The number of aromatic hydroxyl groups is 1. The van der Waals surface area contributed by atoms with Gasteiger partial charge in [-0.1, -0.05) is 17.7 Å². The first-order valence-corrected chi connectivity index (χ1v) is 6.86. The number of thiocarbonyl (C=S) groups is 1. The van der Waals surface area contributed by atoms with E-state index in [0.717, 1.165) is 16.9 Å². The number of rotatable bonds is 2. The van der Waals surface area contributed by atoms with Crippen LogP contribution in [0.4, 0.5) is 11.4 Å². The Morgan fingerprint density at radius 2 is 1.85 bits per heavy atom. The average Bonchev–Trinajstić information content (AvgIpc) is 2.44. The van der Waals surface area contributed by atoms with E-state index in [4.69, 9.17) is 23.8 Å². The summed E-state index contributed by atoms with van der Waals surface area (Å²) in [6.07, 6.45) is 0. The highest BCUT2D eigenvalue weighted by molar-refractivity contribution is 7.80. The fraction of sp³-hybridized carbons (Fsp3) is 0.133. The van der Waals surface area contributed by atoms with E-state index in [1.54, 1.807) is 24.3 Å². The summed E-state index contributed by atoms with van der Waals surface area (Å²) in [7, 11) is 1.86. The van der Waals surface area contributed by atoms with Crippen LogP contribution in [0.1, 0.15) is 5.56 Å². The van der Waals surface area contributed by atoms with E-state index < -0.39 is 0 Å². The van der Waals surface area contributed by atoms with E-state index in [9.17, 15) is 5.11 Å². The number of phenols is 1. The van der Waals surface area contributed by atoms with Crippen molar-refractivity contribution in [1.29, 1.82) is 0 Å². The normalized spacial score (nSPS) is 10.2. The van der Waals surface area contributed by atoms with E-state index in [-0.39, 0.29) is 5.75 Å². The third kappa shape index (κ3) is 3.21. The van der Waals surface area contributed by atoms with Gasteiger partial charge in [0, 0.05) is 23.4 Å². The van der Waals surface area contributed by atoms with Crippen LogP contribution < -0.4 is 10.2 Å². The Labute approximate surface area is 128 Å². The highest BCUT2D eigenvalue weighted by atomic mass is 35.5. The highest BCUT2D eigenvalue weighted by Gasteiger charge is 2.09. The second kappa shape index (κ2) is 6.11. The van der Waals surface area contributed by atoms with Crippen LogP contribution in [0.2, 0.25) is 5.02 Å². The minimum atomic E-state index is 0.228. The van der Waals surface area contributed by atoms with Gasteiger partial charge in [-0.2, -0.15) is 0 Å². The summed E-state index contributed by atoms with van der Waals surface area (Å²) >= 11 is 11.5. The molecular formula is C15H15ClN2OS. The van der Waals surface area contributed by atoms with Crippen LogP contribution in [0.15, 0.2) is 42.5 Å². The molecule has 0 saturated carbocycles. The minimum Gasteiger partial charge on any atom is -0.508 e. The molecule has 0 aliphatic heterocycles. The Bertz CT molecular complexity index is 628. The minimum absolute atomic E-state index is 0.228. The fourth-order valence-electron chi connectivity index (χ4n) is 1.74. The van der Waals surface area contributed by atoms with E-state index in [0.29, 0.717) is 10.1 Å². The van der Waals surface area contributed by atoms with Gasteiger partial charge in [-0.15, -0.1) is 0 Å². The lowest BCUT2D eigenvalue weighted by molar-refractivity contribution is 0.475. The molecule has 2 rings (SSSR count). The number of phenolic OH excluding ortho intramolecular Hbond substituents is 1. The smallest absolute Gasteiger partial charge is 0.177 e. The molecule has 0 aromatic heterocycles. The lowest BCUT2D eigenvalue weighted by Gasteiger charge is -2.22. The molecule has 3 nitrogen and oxygen atoms in total. The third-order valence-electron chi connectivity index (χ3n) is 3.05. The maximum absolute atomic E-state index is 9.30. The predicted octanol–water partition coefficient (Wildman–Crippen LogP) is 4.19. The van der Waals surface area contributed by atoms with Crippen LogP contribution in [-0.4, -0.2) is 17.3 Å². The molecule has 0 radical (unpaired) electrons. The van der Waals surface area contributed by atoms with Crippen molar-refractivity contribution in [2.75, 3.05) is 17.3 Å². The number of hydrogen-bond donors (Lipinski definition) is 2. The largest absolute Gasteiger partial charge is 0.508 e. The molecule has 0 heterocycles. The molecule has 5 heteroatoms. The molecule has 0 aliphatic carbocycles. The van der Waals surface area contributed by atoms with Crippen LogP contribution in [0.5, 0.6) is 5.75 Å². The van der Waals surface area contributed by atoms with Gasteiger partial charge in [-0.3, -0.25) is 0 Å². The van der Waals surface area contributed by atoms with E-state index >= 15 is 0 Å². The second-order valence-electron chi connectivity index (χ2n) is 4.42. The van der Waals surface area contributed by atoms with Gasteiger partial charge in [-0.25, -0.2) is 0 Å². The zero-order valence-corrected chi connectivity index (χ0v) is 12.8. The lowest BCUT2D eigenvalue weighted by atomic mass is 10.2. The Balaban J connectivity index is 2.15. The van der Waals surface area contributed by atoms with E-state index in [1.165, 1.54) is 0 Å². The lowest BCUT2D eigenvalue weighted by Crippen LogP contribution is -2.31. The van der Waals surface area contributed by atoms with Crippen LogP contribution >= 0.6 is 23.8 Å². The van der Waals surface area contributed by atoms with Crippen molar-refractivity contribution in [1.82, 2.24) is 0 Å². The SMILES string of the molecule is Cc1c(Cl)cccc1NC(=S)N(C)c1ccc(O)cc1. The van der Waals surface area contributed by atoms with Crippen LogP contribution in [0.25, 0.3) is 0 Å². The maximum Gasteiger partial charge on any atom is 0.177 e. The molecule has 0 unspecified atom stereocenters. The fourth-order valence-corrected chi connectivity index (χ4v) is 2.13. The Morgan fingerprint density at radius 3 is 2.50 bits per heavy atom. The summed E-state index contributed by atoms with van der Waals surface area (Å²) in [6.45, 7) is 1.94. The van der Waals surface area contributed by atoms with Crippen molar-refractivity contribution in [3.05, 3.63) is 53.1 Å². The van der Waals surface area contributed by atoms with Crippen molar-refractivity contribution in [3.63, 3.8) is 0 Å². The van der Waals surface area contributed by atoms with Crippen molar-refractivity contribution in [2.45, 2.75) is 6.92 Å². The average molecular weight is 307 g/mol. The standard InChI is InChI=1S/C15H15ClN2OS/c1-10-13(16)4-3-5-14(10)17-15(20)18(2)11-6-8-12(19)9-7-11/h3-9,19H,1-2H3,(H,17,20). The summed E-state index contributed by atoms with van der Waals surface area (Å²) < 4.78 is 0. The molecule has 0 atom stereocenters. The molecule has 20 heavy (non-hydrogen) atoms. The van der Waals surface area contributed by atoms with E-state index in [2.05, 4.69) is 5.32 Å². The molecule has 2 aromatic rings. The van der Waals surface area contributed by atoms with Gasteiger partial charge in [0.15, 0.2) is 5.11 Å². The molecule has 0 saturated heterocycles. The topological polar surface area (TPSA) is 35.5 Å². The number of nitrogens with zero attached hydrogens (tertiary/aromatic N) is 1.